The van der Waals surface area contributed by atoms with Crippen molar-refractivity contribution < 1.29 is 0 Å². The minimum Gasteiger partial charge on any atom is -0.369 e. The number of rotatable bonds is 1. The van der Waals surface area contributed by atoms with Crippen LogP contribution in [0.2, 0.25) is 0 Å². The van der Waals surface area contributed by atoms with Crippen molar-refractivity contribution in [1.82, 2.24) is 14.5 Å². The van der Waals surface area contributed by atoms with Crippen LogP contribution in [0.3, 0.4) is 0 Å². The molecule has 2 N–H and O–H groups in total. The minimum atomic E-state index is 0.499. The van der Waals surface area contributed by atoms with E-state index in [0.717, 1.165) is 27.6 Å². The summed E-state index contributed by atoms with van der Waals surface area (Å²) >= 11 is 0. The van der Waals surface area contributed by atoms with Gasteiger partial charge in [0.05, 0.1) is 16.6 Å². The normalized spacial score (nSPS) is 11.3. The van der Waals surface area contributed by atoms with Gasteiger partial charge in [0.15, 0.2) is 0 Å². The van der Waals surface area contributed by atoms with Gasteiger partial charge in [0, 0.05) is 17.3 Å². The van der Waals surface area contributed by atoms with Crippen molar-refractivity contribution in [3.8, 4) is 5.69 Å². The molecule has 0 saturated heterocycles. The largest absolute Gasteiger partial charge is 0.369 e. The molecule has 4 heteroatoms. The molecule has 4 aromatic rings. The van der Waals surface area contributed by atoms with Crippen LogP contribution in [-0.4, -0.2) is 14.5 Å². The standard InChI is InChI=1S/C17H14N4/c1-11-4-7-16-15(9-11)20-17(18)21(16)13-5-6-14-12(10-13)3-2-8-19-14/h2-10H,1H3,(H2,18,20). The lowest BCUT2D eigenvalue weighted by Gasteiger charge is -2.07. The lowest BCUT2D eigenvalue weighted by atomic mass is 10.2. The maximum absolute atomic E-state index is 6.12. The second-order valence-electron chi connectivity index (χ2n) is 5.18. The highest BCUT2D eigenvalue weighted by atomic mass is 15.2. The predicted molar refractivity (Wildman–Crippen MR) is 85.5 cm³/mol. The number of anilines is 1. The summed E-state index contributed by atoms with van der Waals surface area (Å²) in [5, 5.41) is 1.09. The minimum absolute atomic E-state index is 0.499. The Morgan fingerprint density at radius 1 is 1.00 bits per heavy atom. The fourth-order valence-electron chi connectivity index (χ4n) is 2.68. The van der Waals surface area contributed by atoms with Crippen LogP contribution in [0.1, 0.15) is 5.56 Å². The number of aryl methyl sites for hydroxylation is 1. The number of nitrogens with two attached hydrogens (primary N) is 1. The third kappa shape index (κ3) is 1.84. The number of benzene rings is 2. The van der Waals surface area contributed by atoms with Crippen molar-refractivity contribution in [3.05, 3.63) is 60.3 Å². The summed E-state index contributed by atoms with van der Waals surface area (Å²) in [7, 11) is 0. The molecule has 0 aliphatic carbocycles. The molecule has 2 aromatic heterocycles. The zero-order valence-electron chi connectivity index (χ0n) is 11.6. The van der Waals surface area contributed by atoms with Crippen molar-refractivity contribution in [2.75, 3.05) is 5.73 Å². The summed E-state index contributed by atoms with van der Waals surface area (Å²) in [4.78, 5) is 8.80. The summed E-state index contributed by atoms with van der Waals surface area (Å²) in [5.41, 5.74) is 11.2. The van der Waals surface area contributed by atoms with Crippen molar-refractivity contribution >= 4 is 27.9 Å². The molecule has 4 nitrogen and oxygen atoms in total. The molecule has 0 unspecified atom stereocenters. The Labute approximate surface area is 121 Å². The van der Waals surface area contributed by atoms with E-state index in [2.05, 4.69) is 35.1 Å². The highest BCUT2D eigenvalue weighted by molar-refractivity contribution is 5.85. The third-order valence-corrected chi connectivity index (χ3v) is 3.68. The van der Waals surface area contributed by atoms with Crippen LogP contribution in [0, 0.1) is 6.92 Å². The van der Waals surface area contributed by atoms with Gasteiger partial charge in [-0.2, -0.15) is 0 Å². The number of aromatic nitrogens is 3. The van der Waals surface area contributed by atoms with Gasteiger partial charge in [-0.05, 0) is 48.9 Å². The highest BCUT2D eigenvalue weighted by Crippen LogP contribution is 2.25. The molecular formula is C17H14N4. The Bertz CT molecular complexity index is 969. The molecule has 0 radical (unpaired) electrons. The zero-order chi connectivity index (χ0) is 14.4. The maximum Gasteiger partial charge on any atom is 0.205 e. The van der Waals surface area contributed by atoms with Gasteiger partial charge in [-0.25, -0.2) is 4.98 Å². The predicted octanol–water partition coefficient (Wildman–Crippen LogP) is 3.46. The first-order chi connectivity index (χ1) is 10.2. The molecule has 0 spiro atoms. The van der Waals surface area contributed by atoms with Gasteiger partial charge in [-0.1, -0.05) is 12.1 Å². The summed E-state index contributed by atoms with van der Waals surface area (Å²) in [5.74, 6) is 0.499. The number of nitrogens with zero attached hydrogens (tertiary/aromatic N) is 3. The van der Waals surface area contributed by atoms with Crippen molar-refractivity contribution in [2.45, 2.75) is 6.92 Å². The molecule has 0 atom stereocenters. The third-order valence-electron chi connectivity index (χ3n) is 3.68. The molecule has 0 amide bonds. The highest BCUT2D eigenvalue weighted by Gasteiger charge is 2.10. The van der Waals surface area contributed by atoms with Crippen LogP contribution in [-0.2, 0) is 0 Å². The molecule has 21 heavy (non-hydrogen) atoms. The summed E-state index contributed by atoms with van der Waals surface area (Å²) < 4.78 is 1.97. The number of pyridine rings is 1. The Hall–Kier alpha value is -2.88. The Morgan fingerprint density at radius 3 is 2.81 bits per heavy atom. The summed E-state index contributed by atoms with van der Waals surface area (Å²) in [6.45, 7) is 2.05. The van der Waals surface area contributed by atoms with Gasteiger partial charge >= 0.3 is 0 Å². The number of nitrogen functional groups attached to an aromatic ring is 1. The van der Waals surface area contributed by atoms with E-state index in [1.807, 2.05) is 34.9 Å². The molecule has 4 rings (SSSR count). The first-order valence-corrected chi connectivity index (χ1v) is 6.82. The Balaban J connectivity index is 2.01. The molecule has 2 aromatic carbocycles. The quantitative estimate of drug-likeness (QED) is 0.578. The molecule has 0 fully saturated rings. The van der Waals surface area contributed by atoms with Gasteiger partial charge in [-0.15, -0.1) is 0 Å². The summed E-state index contributed by atoms with van der Waals surface area (Å²) in [6, 6.07) is 16.3. The average Bonchev–Trinajstić information content (AvgIpc) is 2.81. The van der Waals surface area contributed by atoms with E-state index in [4.69, 9.17) is 5.73 Å². The zero-order valence-corrected chi connectivity index (χ0v) is 11.6. The van der Waals surface area contributed by atoms with Crippen LogP contribution in [0.5, 0.6) is 0 Å². The van der Waals surface area contributed by atoms with Gasteiger partial charge in [-0.3, -0.25) is 9.55 Å². The van der Waals surface area contributed by atoms with Crippen LogP contribution >= 0.6 is 0 Å². The van der Waals surface area contributed by atoms with E-state index in [0.29, 0.717) is 5.95 Å². The van der Waals surface area contributed by atoms with Gasteiger partial charge in [0.25, 0.3) is 0 Å². The topological polar surface area (TPSA) is 56.7 Å². The van der Waals surface area contributed by atoms with E-state index in [1.54, 1.807) is 6.20 Å². The van der Waals surface area contributed by atoms with Crippen LogP contribution in [0.25, 0.3) is 27.6 Å². The van der Waals surface area contributed by atoms with Crippen LogP contribution in [0.4, 0.5) is 5.95 Å². The summed E-state index contributed by atoms with van der Waals surface area (Å²) in [6.07, 6.45) is 1.80. The van der Waals surface area contributed by atoms with E-state index < -0.39 is 0 Å². The average molecular weight is 274 g/mol. The lowest BCUT2D eigenvalue weighted by Crippen LogP contribution is -2.00. The van der Waals surface area contributed by atoms with Crippen LogP contribution < -0.4 is 5.73 Å². The Kier molecular flexibility index (Phi) is 2.44. The van der Waals surface area contributed by atoms with Crippen LogP contribution in [0.15, 0.2) is 54.7 Å². The number of hydrogen-bond acceptors (Lipinski definition) is 3. The molecule has 0 saturated carbocycles. The van der Waals surface area contributed by atoms with Crippen molar-refractivity contribution in [2.24, 2.45) is 0 Å². The number of imidazole rings is 1. The molecule has 102 valence electrons. The molecular weight excluding hydrogens is 260 g/mol. The SMILES string of the molecule is Cc1ccc2c(c1)nc(N)n2-c1ccc2ncccc2c1. The van der Waals surface area contributed by atoms with Gasteiger partial charge in [0.2, 0.25) is 5.95 Å². The van der Waals surface area contributed by atoms with Crippen molar-refractivity contribution in [3.63, 3.8) is 0 Å². The van der Waals surface area contributed by atoms with Gasteiger partial charge < -0.3 is 5.73 Å². The van der Waals surface area contributed by atoms with E-state index in [9.17, 15) is 0 Å². The Morgan fingerprint density at radius 2 is 1.90 bits per heavy atom. The number of hydrogen-bond donors (Lipinski definition) is 1. The first kappa shape index (κ1) is 11.9. The van der Waals surface area contributed by atoms with E-state index in [-0.39, 0.29) is 0 Å². The smallest absolute Gasteiger partial charge is 0.205 e. The fraction of sp³-hybridized carbons (Fsp3) is 0.0588. The monoisotopic (exact) mass is 274 g/mol. The van der Waals surface area contributed by atoms with Gasteiger partial charge in [0.1, 0.15) is 0 Å². The molecule has 0 aliphatic heterocycles. The van der Waals surface area contributed by atoms with Crippen molar-refractivity contribution in [1.29, 1.82) is 0 Å². The van der Waals surface area contributed by atoms with E-state index >= 15 is 0 Å². The fourth-order valence-corrected chi connectivity index (χ4v) is 2.68. The second kappa shape index (κ2) is 4.31. The number of fused-ring (bicyclic) bond motifs is 2. The molecule has 0 aliphatic rings. The second-order valence-corrected chi connectivity index (χ2v) is 5.18. The maximum atomic E-state index is 6.12. The first-order valence-electron chi connectivity index (χ1n) is 6.82. The molecule has 2 heterocycles. The lowest BCUT2D eigenvalue weighted by molar-refractivity contribution is 1.11. The van der Waals surface area contributed by atoms with E-state index in [1.165, 1.54) is 5.56 Å². The molecule has 0 bridgehead atoms.